The van der Waals surface area contributed by atoms with Crippen LogP contribution in [-0.2, 0) is 20.6 Å². The molecule has 0 aliphatic carbocycles. The van der Waals surface area contributed by atoms with Crippen LogP contribution in [0.2, 0.25) is 0 Å². The van der Waals surface area contributed by atoms with Gasteiger partial charge < -0.3 is 24.8 Å². The van der Waals surface area contributed by atoms with E-state index in [-0.39, 0.29) is 41.6 Å². The molecule has 0 spiro atoms. The zero-order chi connectivity index (χ0) is 3.58. The van der Waals surface area contributed by atoms with Crippen LogP contribution in [0.4, 0.5) is 0 Å². The van der Waals surface area contributed by atoms with Crippen LogP contribution in [0.25, 0.3) is 0 Å². The predicted molar refractivity (Wildman–Crippen MR) is 10.9 cm³/mol. The van der Waals surface area contributed by atoms with E-state index in [9.17, 15) is 0 Å². The van der Waals surface area contributed by atoms with E-state index in [0.717, 1.165) is 0 Å². The molecule has 1 radical (unpaired) electrons. The Bertz CT molecular complexity index is 35.9. The third-order valence-electron chi connectivity index (χ3n) is 0. The maximum absolute atomic E-state index is 8.76. The summed E-state index contributed by atoms with van der Waals surface area (Å²) in [6.07, 6.45) is 0. The van der Waals surface area contributed by atoms with E-state index in [1.165, 1.54) is 0 Å². The molecule has 49 valence electrons. The van der Waals surface area contributed by atoms with Crippen molar-refractivity contribution >= 4 is 14.5 Å². The van der Waals surface area contributed by atoms with E-state index in [1.807, 2.05) is 0 Å². The second kappa shape index (κ2) is 15.7. The first kappa shape index (κ1) is 23.9. The van der Waals surface area contributed by atoms with Crippen LogP contribution in [0.15, 0.2) is 0 Å². The molecule has 0 fully saturated rings. The minimum absolute atomic E-state index is 0. The van der Waals surface area contributed by atoms with Crippen molar-refractivity contribution in [2.24, 2.45) is 0 Å². The summed E-state index contributed by atoms with van der Waals surface area (Å²) in [4.78, 5) is 0. The minimum Gasteiger partial charge on any atom is -1.00 e. The van der Waals surface area contributed by atoms with Gasteiger partial charge in [0.2, 0.25) is 0 Å². The summed E-state index contributed by atoms with van der Waals surface area (Å²) in [6, 6.07) is 0. The van der Waals surface area contributed by atoms with Crippen molar-refractivity contribution in [3.8, 4) is 0 Å². The Kier molecular flexibility index (Phi) is 53.4. The van der Waals surface area contributed by atoms with E-state index >= 15 is 0 Å². The van der Waals surface area contributed by atoms with Gasteiger partial charge in [-0.05, 0) is 0 Å². The predicted octanol–water partition coefficient (Wildman–Crippen LogP) is -7.61. The van der Waals surface area contributed by atoms with Crippen LogP contribution in [0.3, 0.4) is 0 Å². The molecule has 0 atom stereocenters. The minimum atomic E-state index is -3.29. The van der Waals surface area contributed by atoms with Crippen LogP contribution < -0.4 is 24.8 Å². The van der Waals surface area contributed by atoms with Gasteiger partial charge in [-0.15, -0.1) is 0 Å². The van der Waals surface area contributed by atoms with Crippen LogP contribution in [0, 0.1) is 0 Å². The normalized spacial score (nSPS) is 5.00. The third kappa shape index (κ3) is 118. The van der Waals surface area contributed by atoms with Crippen molar-refractivity contribution in [2.45, 2.75) is 0 Å². The molecule has 0 rings (SSSR count). The Morgan fingerprint density at radius 3 is 1.14 bits per heavy atom. The number of hydrogen-bond donors (Lipinski definition) is 2. The van der Waals surface area contributed by atoms with Crippen LogP contribution >= 0.6 is 0 Å². The maximum Gasteiger partial charge on any atom is 2.00 e. The molecule has 0 aromatic rings. The molecule has 3 nitrogen and oxygen atoms in total. The summed E-state index contributed by atoms with van der Waals surface area (Å²) < 4.78 is 23.1. The van der Waals surface area contributed by atoms with E-state index in [2.05, 4.69) is 0 Å². The van der Waals surface area contributed by atoms with Gasteiger partial charge in [0.05, 0.1) is 0 Å². The zero-order valence-electron chi connectivity index (χ0n) is 2.80. The van der Waals surface area contributed by atoms with Crippen molar-refractivity contribution in [3.63, 3.8) is 0 Å². The number of rotatable bonds is 0. The average molecular weight is 259 g/mol. The molecule has 0 saturated carbocycles. The van der Waals surface area contributed by atoms with Gasteiger partial charge in [0.15, 0.2) is 0 Å². The van der Waals surface area contributed by atoms with Gasteiger partial charge in [0, 0.05) is 0 Å². The van der Waals surface area contributed by atoms with Crippen LogP contribution in [-0.4, -0.2) is 22.9 Å². The molecule has 0 aromatic heterocycles. The molecule has 0 saturated heterocycles. The molecule has 2 N–H and O–H groups in total. The average Bonchev–Trinajstić information content (AvgIpc) is 0.811. The quantitative estimate of drug-likeness (QED) is 0.425. The van der Waals surface area contributed by atoms with Crippen molar-refractivity contribution in [2.75, 3.05) is 0 Å². The Morgan fingerprint density at radius 2 is 1.14 bits per heavy atom. The smallest absolute Gasteiger partial charge is 1.00 e. The molecule has 7 heavy (non-hydrogen) atoms. The monoisotopic (exact) mass is 259 g/mol. The second-order valence-electron chi connectivity index (χ2n) is 0.231. The molecule has 0 bridgehead atoms. The molecule has 0 amide bonds. The zero-order valence-corrected chi connectivity index (χ0v) is 7.07. The largest absolute Gasteiger partial charge is 2.00 e. The molecule has 0 heterocycles. The first-order valence-electron chi connectivity index (χ1n) is 0.532. The van der Waals surface area contributed by atoms with Gasteiger partial charge in [-0.2, -0.15) is 0 Å². The third-order valence-corrected chi connectivity index (χ3v) is 0. The van der Waals surface area contributed by atoms with Gasteiger partial charge >= 0.3 is 43.5 Å². The van der Waals surface area contributed by atoms with Gasteiger partial charge in [-0.3, -0.25) is 0 Å². The van der Waals surface area contributed by atoms with Gasteiger partial charge in [-0.1, -0.05) is 0 Å². The molecule has 0 unspecified atom stereocenters. The number of halogens is 2. The van der Waals surface area contributed by atoms with E-state index in [4.69, 9.17) is 12.2 Å². The Labute approximate surface area is 68.2 Å². The van der Waals surface area contributed by atoms with Crippen molar-refractivity contribution in [3.05, 3.63) is 0 Å². The summed E-state index contributed by atoms with van der Waals surface area (Å²) in [5, 5.41) is 0. The molecule has 0 aliphatic rings. The molecular weight excluding hydrogens is 257 g/mol. The number of hydrogen-bond acceptors (Lipinski definition) is 1. The summed E-state index contributed by atoms with van der Waals surface area (Å²) in [5.41, 5.74) is 0. The first-order chi connectivity index (χ1) is 1.73. The molecule has 0 aliphatic heterocycles. The summed E-state index contributed by atoms with van der Waals surface area (Å²) in [7, 11) is 0. The van der Waals surface area contributed by atoms with E-state index < -0.39 is 14.5 Å². The fourth-order valence-corrected chi connectivity index (χ4v) is 0. The standard InChI is InChI=1S/2ClH.Co.H2O3Se/c;;;1-4(2)3/h2*1H;;(H2,1,2,3)/q;;+2;/p-2. The molecular formula is H2Cl2CoO3Se. The van der Waals surface area contributed by atoms with Crippen molar-refractivity contribution in [1.82, 2.24) is 0 Å². The van der Waals surface area contributed by atoms with Gasteiger partial charge in [-0.25, -0.2) is 0 Å². The SMILES string of the molecule is O=[Se](O)O.[Cl-].[Cl-].[Co+2]. The molecule has 0 aromatic carbocycles. The maximum atomic E-state index is 8.76. The van der Waals surface area contributed by atoms with E-state index in [0.29, 0.717) is 0 Å². The topological polar surface area (TPSA) is 57.5 Å². The van der Waals surface area contributed by atoms with E-state index in [1.54, 1.807) is 0 Å². The summed E-state index contributed by atoms with van der Waals surface area (Å²) >= 11 is -3.29. The first-order valence-corrected chi connectivity index (χ1v) is 2.76. The van der Waals surface area contributed by atoms with Crippen LogP contribution in [0.1, 0.15) is 0 Å². The van der Waals surface area contributed by atoms with Crippen molar-refractivity contribution < 1.29 is 53.8 Å². The summed E-state index contributed by atoms with van der Waals surface area (Å²) in [5.74, 6) is 0. The van der Waals surface area contributed by atoms with Gasteiger partial charge in [0.1, 0.15) is 0 Å². The fraction of sp³-hybridized carbons (Fsp3) is 0. The Balaban J connectivity index is -0.0000000150. The Morgan fingerprint density at radius 1 is 1.14 bits per heavy atom. The van der Waals surface area contributed by atoms with Gasteiger partial charge in [0.25, 0.3) is 0 Å². The summed E-state index contributed by atoms with van der Waals surface area (Å²) in [6.45, 7) is 0. The fourth-order valence-electron chi connectivity index (χ4n) is 0. The van der Waals surface area contributed by atoms with Crippen LogP contribution in [0.5, 0.6) is 0 Å². The van der Waals surface area contributed by atoms with Crippen molar-refractivity contribution in [1.29, 1.82) is 0 Å². The second-order valence-corrected chi connectivity index (χ2v) is 1.20. The molecule has 7 heteroatoms. The Hall–Kier alpha value is 1.33.